The number of carbonyl (C=O) groups is 1. The maximum Gasteiger partial charge on any atom is 0.246 e. The highest BCUT2D eigenvalue weighted by atomic mass is 16.2. The van der Waals surface area contributed by atoms with Crippen molar-refractivity contribution in [3.05, 3.63) is 24.0 Å². The van der Waals surface area contributed by atoms with Gasteiger partial charge in [-0.15, -0.1) is 0 Å². The Hall–Kier alpha value is -1.58. The molecule has 1 aromatic heterocycles. The molecule has 4 nitrogen and oxygen atoms in total. The Kier molecular flexibility index (Phi) is 3.39. The summed E-state index contributed by atoms with van der Waals surface area (Å²) in [5.41, 5.74) is 0.966. The summed E-state index contributed by atoms with van der Waals surface area (Å²) in [5, 5.41) is 4.05. The summed E-state index contributed by atoms with van der Waals surface area (Å²) in [4.78, 5) is 13.7. The van der Waals surface area contributed by atoms with Crippen LogP contribution in [0, 0.1) is 0 Å². The Labute approximate surface area is 95.5 Å². The van der Waals surface area contributed by atoms with E-state index in [1.54, 1.807) is 17.0 Å². The maximum atomic E-state index is 11.8. The predicted molar refractivity (Wildman–Crippen MR) is 62.7 cm³/mol. The summed E-state index contributed by atoms with van der Waals surface area (Å²) in [6.45, 7) is 1.80. The second-order valence-corrected chi connectivity index (χ2v) is 4.17. The van der Waals surface area contributed by atoms with E-state index in [4.69, 9.17) is 0 Å². The molecule has 0 radical (unpaired) electrons. The van der Waals surface area contributed by atoms with Crippen molar-refractivity contribution in [2.24, 2.45) is 7.05 Å². The van der Waals surface area contributed by atoms with Crippen molar-refractivity contribution < 1.29 is 4.79 Å². The second kappa shape index (κ2) is 4.96. The molecule has 1 aromatic rings. The molecule has 2 rings (SSSR count). The minimum atomic E-state index is 0.114. The molecule has 16 heavy (non-hydrogen) atoms. The maximum absolute atomic E-state index is 11.8. The molecule has 2 heterocycles. The van der Waals surface area contributed by atoms with Crippen LogP contribution in [0.2, 0.25) is 0 Å². The van der Waals surface area contributed by atoms with Crippen LogP contribution in [-0.4, -0.2) is 33.7 Å². The lowest BCUT2D eigenvalue weighted by Crippen LogP contribution is -2.34. The van der Waals surface area contributed by atoms with E-state index in [0.29, 0.717) is 0 Å². The van der Waals surface area contributed by atoms with E-state index < -0.39 is 0 Å². The van der Waals surface area contributed by atoms with Gasteiger partial charge in [0.2, 0.25) is 5.91 Å². The lowest BCUT2D eigenvalue weighted by Gasteiger charge is -2.25. The number of hydrogen-bond acceptors (Lipinski definition) is 2. The molecule has 86 valence electrons. The zero-order chi connectivity index (χ0) is 11.4. The molecular formula is C12H17N3O. The first-order valence-electron chi connectivity index (χ1n) is 5.71. The summed E-state index contributed by atoms with van der Waals surface area (Å²) in [6, 6.07) is 0. The number of aryl methyl sites for hydroxylation is 1. The molecule has 4 heteroatoms. The SMILES string of the molecule is Cn1cc(C=CC(=O)N2CCCCC2)cn1. The molecule has 0 aromatic carbocycles. The summed E-state index contributed by atoms with van der Waals surface area (Å²) < 4.78 is 1.73. The highest BCUT2D eigenvalue weighted by molar-refractivity contribution is 5.91. The molecule has 1 aliphatic heterocycles. The number of likely N-dealkylation sites (tertiary alicyclic amines) is 1. The van der Waals surface area contributed by atoms with Crippen molar-refractivity contribution in [1.82, 2.24) is 14.7 Å². The van der Waals surface area contributed by atoms with Gasteiger partial charge in [-0.05, 0) is 25.3 Å². The molecule has 0 saturated carbocycles. The predicted octanol–water partition coefficient (Wildman–Crippen LogP) is 1.45. The van der Waals surface area contributed by atoms with Gasteiger partial charge in [-0.3, -0.25) is 9.48 Å². The zero-order valence-corrected chi connectivity index (χ0v) is 9.59. The molecule has 0 N–H and O–H groups in total. The fraction of sp³-hybridized carbons (Fsp3) is 0.500. The fourth-order valence-electron chi connectivity index (χ4n) is 1.91. The molecule has 0 bridgehead atoms. The van der Waals surface area contributed by atoms with E-state index in [-0.39, 0.29) is 5.91 Å². The molecule has 1 aliphatic rings. The van der Waals surface area contributed by atoms with Crippen molar-refractivity contribution in [3.8, 4) is 0 Å². The number of piperidine rings is 1. The number of nitrogens with zero attached hydrogens (tertiary/aromatic N) is 3. The van der Waals surface area contributed by atoms with E-state index in [1.807, 2.05) is 24.2 Å². The van der Waals surface area contributed by atoms with Crippen LogP contribution >= 0.6 is 0 Å². The van der Waals surface area contributed by atoms with Gasteiger partial charge < -0.3 is 4.90 Å². The Morgan fingerprint density at radius 3 is 2.75 bits per heavy atom. The van der Waals surface area contributed by atoms with E-state index in [0.717, 1.165) is 31.5 Å². The van der Waals surface area contributed by atoms with Crippen molar-refractivity contribution >= 4 is 12.0 Å². The number of amides is 1. The Balaban J connectivity index is 1.93. The van der Waals surface area contributed by atoms with Crippen LogP contribution in [0.1, 0.15) is 24.8 Å². The van der Waals surface area contributed by atoms with Crippen LogP contribution in [0.5, 0.6) is 0 Å². The molecule has 1 fully saturated rings. The topological polar surface area (TPSA) is 38.1 Å². The Morgan fingerprint density at radius 1 is 1.38 bits per heavy atom. The lowest BCUT2D eigenvalue weighted by molar-refractivity contribution is -0.126. The van der Waals surface area contributed by atoms with Crippen LogP contribution in [0.4, 0.5) is 0 Å². The summed E-state index contributed by atoms with van der Waals surface area (Å²) in [5.74, 6) is 0.114. The van der Waals surface area contributed by atoms with Gasteiger partial charge in [0, 0.05) is 38.0 Å². The van der Waals surface area contributed by atoms with Crippen LogP contribution in [0.25, 0.3) is 6.08 Å². The third kappa shape index (κ3) is 2.72. The van der Waals surface area contributed by atoms with Crippen LogP contribution in [-0.2, 0) is 11.8 Å². The van der Waals surface area contributed by atoms with E-state index >= 15 is 0 Å². The van der Waals surface area contributed by atoms with Gasteiger partial charge in [0.25, 0.3) is 0 Å². The van der Waals surface area contributed by atoms with Gasteiger partial charge in [-0.1, -0.05) is 0 Å². The molecule has 0 aliphatic carbocycles. The van der Waals surface area contributed by atoms with Crippen LogP contribution in [0.15, 0.2) is 18.5 Å². The second-order valence-electron chi connectivity index (χ2n) is 4.17. The Morgan fingerprint density at radius 2 is 2.12 bits per heavy atom. The first kappa shape index (κ1) is 10.9. The molecular weight excluding hydrogens is 202 g/mol. The van der Waals surface area contributed by atoms with Gasteiger partial charge in [0.15, 0.2) is 0 Å². The lowest BCUT2D eigenvalue weighted by atomic mass is 10.1. The first-order valence-corrected chi connectivity index (χ1v) is 5.71. The van der Waals surface area contributed by atoms with Gasteiger partial charge in [-0.2, -0.15) is 5.10 Å². The molecule has 0 spiro atoms. The smallest absolute Gasteiger partial charge is 0.246 e. The van der Waals surface area contributed by atoms with Crippen molar-refractivity contribution in [1.29, 1.82) is 0 Å². The summed E-state index contributed by atoms with van der Waals surface area (Å²) >= 11 is 0. The van der Waals surface area contributed by atoms with Crippen molar-refractivity contribution in [3.63, 3.8) is 0 Å². The number of hydrogen-bond donors (Lipinski definition) is 0. The highest BCUT2D eigenvalue weighted by Crippen LogP contribution is 2.09. The fourth-order valence-corrected chi connectivity index (χ4v) is 1.91. The average molecular weight is 219 g/mol. The zero-order valence-electron chi connectivity index (χ0n) is 9.59. The minimum absolute atomic E-state index is 0.114. The normalized spacial score (nSPS) is 16.9. The largest absolute Gasteiger partial charge is 0.339 e. The van der Waals surface area contributed by atoms with Gasteiger partial charge in [0.1, 0.15) is 0 Å². The molecule has 1 amide bonds. The molecule has 0 atom stereocenters. The highest BCUT2D eigenvalue weighted by Gasteiger charge is 2.13. The van der Waals surface area contributed by atoms with Gasteiger partial charge in [-0.25, -0.2) is 0 Å². The number of carbonyl (C=O) groups excluding carboxylic acids is 1. The minimum Gasteiger partial charge on any atom is -0.339 e. The van der Waals surface area contributed by atoms with E-state index in [2.05, 4.69) is 5.10 Å². The summed E-state index contributed by atoms with van der Waals surface area (Å²) in [6.07, 6.45) is 10.6. The monoisotopic (exact) mass is 219 g/mol. The number of rotatable bonds is 2. The third-order valence-corrected chi connectivity index (χ3v) is 2.81. The van der Waals surface area contributed by atoms with Crippen LogP contribution in [0.3, 0.4) is 0 Å². The van der Waals surface area contributed by atoms with E-state index in [9.17, 15) is 4.79 Å². The van der Waals surface area contributed by atoms with Gasteiger partial charge in [0.05, 0.1) is 6.20 Å². The van der Waals surface area contributed by atoms with Crippen molar-refractivity contribution in [2.75, 3.05) is 13.1 Å². The van der Waals surface area contributed by atoms with Crippen molar-refractivity contribution in [2.45, 2.75) is 19.3 Å². The molecule has 1 saturated heterocycles. The standard InChI is InChI=1S/C12H17N3O/c1-14-10-11(9-13-14)5-6-12(16)15-7-3-2-4-8-15/h5-6,9-10H,2-4,7-8H2,1H3. The average Bonchev–Trinajstić information content (AvgIpc) is 2.73. The van der Waals surface area contributed by atoms with Crippen LogP contribution < -0.4 is 0 Å². The quantitative estimate of drug-likeness (QED) is 0.706. The molecule has 0 unspecified atom stereocenters. The van der Waals surface area contributed by atoms with E-state index in [1.165, 1.54) is 6.42 Å². The Bertz CT molecular complexity index is 389. The summed E-state index contributed by atoms with van der Waals surface area (Å²) in [7, 11) is 1.86. The van der Waals surface area contributed by atoms with Gasteiger partial charge >= 0.3 is 0 Å². The number of aromatic nitrogens is 2. The first-order chi connectivity index (χ1) is 7.75. The third-order valence-electron chi connectivity index (χ3n) is 2.81.